The fourth-order valence-electron chi connectivity index (χ4n) is 1.02. The topological polar surface area (TPSA) is 29.4 Å². The predicted molar refractivity (Wildman–Crippen MR) is 46.3 cm³/mol. The maximum absolute atomic E-state index is 9.81. The summed E-state index contributed by atoms with van der Waals surface area (Å²) >= 11 is 0. The van der Waals surface area contributed by atoms with Crippen LogP contribution in [0.5, 0.6) is 0 Å². The van der Waals surface area contributed by atoms with Crippen LogP contribution in [-0.2, 0) is 4.79 Å². The number of aliphatic imine (C=N–C) groups is 1. The van der Waals surface area contributed by atoms with Gasteiger partial charge in [-0.25, -0.2) is 9.79 Å². The Labute approximate surface area is 68.7 Å². The molecule has 0 saturated heterocycles. The van der Waals surface area contributed by atoms with Gasteiger partial charge in [0.05, 0.1) is 6.04 Å². The zero-order valence-corrected chi connectivity index (χ0v) is 7.47. The molecule has 0 heterocycles. The highest BCUT2D eigenvalue weighted by atomic mass is 16.1. The number of isocyanates is 1. The van der Waals surface area contributed by atoms with E-state index in [1.165, 1.54) is 25.7 Å². The van der Waals surface area contributed by atoms with Gasteiger partial charge in [-0.2, -0.15) is 0 Å². The van der Waals surface area contributed by atoms with Gasteiger partial charge in [0.15, 0.2) is 0 Å². The van der Waals surface area contributed by atoms with Crippen molar-refractivity contribution in [2.24, 2.45) is 4.99 Å². The maximum atomic E-state index is 9.81. The van der Waals surface area contributed by atoms with E-state index in [1.54, 1.807) is 6.08 Å². The Morgan fingerprint density at radius 2 is 2.09 bits per heavy atom. The molecule has 0 aromatic carbocycles. The van der Waals surface area contributed by atoms with Crippen molar-refractivity contribution in [1.29, 1.82) is 0 Å². The molecule has 64 valence electrons. The summed E-state index contributed by atoms with van der Waals surface area (Å²) in [7, 11) is 0. The second kappa shape index (κ2) is 7.49. The van der Waals surface area contributed by atoms with Gasteiger partial charge in [0.25, 0.3) is 0 Å². The average molecular weight is 155 g/mol. The molecule has 0 spiro atoms. The summed E-state index contributed by atoms with van der Waals surface area (Å²) in [4.78, 5) is 13.4. The Balaban J connectivity index is 3.17. The molecule has 0 aromatic rings. The molecule has 1 atom stereocenters. The minimum atomic E-state index is 0.171. The van der Waals surface area contributed by atoms with E-state index in [4.69, 9.17) is 0 Å². The molecular formula is C9H17NO. The summed E-state index contributed by atoms with van der Waals surface area (Å²) in [6, 6.07) is 0.171. The van der Waals surface area contributed by atoms with Gasteiger partial charge in [-0.15, -0.1) is 0 Å². The van der Waals surface area contributed by atoms with Crippen LogP contribution in [0, 0.1) is 0 Å². The molecule has 0 aliphatic heterocycles. The first-order valence-electron chi connectivity index (χ1n) is 4.38. The van der Waals surface area contributed by atoms with Gasteiger partial charge in [0.1, 0.15) is 0 Å². The van der Waals surface area contributed by atoms with Crippen molar-refractivity contribution in [3.05, 3.63) is 0 Å². The summed E-state index contributed by atoms with van der Waals surface area (Å²) < 4.78 is 0. The fraction of sp³-hybridized carbons (Fsp3) is 0.889. The zero-order chi connectivity index (χ0) is 8.53. The third-order valence-electron chi connectivity index (χ3n) is 1.75. The van der Waals surface area contributed by atoms with E-state index in [0.29, 0.717) is 0 Å². The molecule has 2 nitrogen and oxygen atoms in total. The summed E-state index contributed by atoms with van der Waals surface area (Å²) in [5.41, 5.74) is 0. The van der Waals surface area contributed by atoms with Crippen molar-refractivity contribution in [3.8, 4) is 0 Å². The van der Waals surface area contributed by atoms with Gasteiger partial charge in [0, 0.05) is 0 Å². The lowest BCUT2D eigenvalue weighted by atomic mass is 10.1. The first-order chi connectivity index (χ1) is 5.31. The monoisotopic (exact) mass is 155 g/mol. The lowest BCUT2D eigenvalue weighted by molar-refractivity contribution is 0.544. The largest absolute Gasteiger partial charge is 0.235 e. The summed E-state index contributed by atoms with van der Waals surface area (Å²) in [6.45, 7) is 4.14. The van der Waals surface area contributed by atoms with Gasteiger partial charge in [-0.05, 0) is 13.3 Å². The Bertz CT molecular complexity index is 128. The standard InChI is InChI=1S/C9H17NO/c1-3-4-5-6-7-9(2)10-8-11/h9H,3-7H2,1-2H3/t9-/m1/s1. The fourth-order valence-corrected chi connectivity index (χ4v) is 1.02. The molecule has 0 aromatic heterocycles. The Hall–Kier alpha value is -0.620. The number of nitrogens with zero attached hydrogens (tertiary/aromatic N) is 1. The molecule has 0 N–H and O–H groups in total. The molecule has 0 radical (unpaired) electrons. The van der Waals surface area contributed by atoms with Gasteiger partial charge in [-0.3, -0.25) is 0 Å². The van der Waals surface area contributed by atoms with E-state index in [9.17, 15) is 4.79 Å². The maximum Gasteiger partial charge on any atom is 0.235 e. The van der Waals surface area contributed by atoms with Gasteiger partial charge in [0.2, 0.25) is 6.08 Å². The third kappa shape index (κ3) is 7.27. The highest BCUT2D eigenvalue weighted by Gasteiger charge is 1.96. The lowest BCUT2D eigenvalue weighted by Gasteiger charge is -2.01. The molecule has 2 heteroatoms. The van der Waals surface area contributed by atoms with Gasteiger partial charge < -0.3 is 0 Å². The van der Waals surface area contributed by atoms with Crippen LogP contribution in [-0.4, -0.2) is 12.1 Å². The van der Waals surface area contributed by atoms with E-state index in [-0.39, 0.29) is 6.04 Å². The minimum absolute atomic E-state index is 0.171. The minimum Gasteiger partial charge on any atom is -0.211 e. The predicted octanol–water partition coefficient (Wildman–Crippen LogP) is 2.68. The normalized spacial score (nSPS) is 12.2. The van der Waals surface area contributed by atoms with Crippen LogP contribution in [0.1, 0.15) is 46.0 Å². The van der Waals surface area contributed by atoms with Crippen molar-refractivity contribution in [2.75, 3.05) is 0 Å². The van der Waals surface area contributed by atoms with Crippen LogP contribution in [0.25, 0.3) is 0 Å². The SMILES string of the molecule is CCCCCC[C@@H](C)N=C=O. The molecule has 11 heavy (non-hydrogen) atoms. The van der Waals surface area contributed by atoms with Gasteiger partial charge >= 0.3 is 0 Å². The summed E-state index contributed by atoms with van der Waals surface area (Å²) in [6.07, 6.45) is 7.59. The molecule has 0 fully saturated rings. The van der Waals surface area contributed by atoms with Crippen LogP contribution in [0.15, 0.2) is 4.99 Å². The quantitative estimate of drug-likeness (QED) is 0.329. The molecule has 0 amide bonds. The summed E-state index contributed by atoms with van der Waals surface area (Å²) in [5.74, 6) is 0. The van der Waals surface area contributed by atoms with E-state index in [2.05, 4.69) is 11.9 Å². The Morgan fingerprint density at radius 1 is 1.36 bits per heavy atom. The molecule has 0 rings (SSSR count). The van der Waals surface area contributed by atoms with Crippen molar-refractivity contribution < 1.29 is 4.79 Å². The molecule has 0 unspecified atom stereocenters. The number of unbranched alkanes of at least 4 members (excludes halogenated alkanes) is 3. The van der Waals surface area contributed by atoms with Crippen molar-refractivity contribution in [1.82, 2.24) is 0 Å². The number of carbonyl (C=O) groups excluding carboxylic acids is 1. The summed E-state index contributed by atoms with van der Waals surface area (Å²) in [5, 5.41) is 0. The van der Waals surface area contributed by atoms with Crippen molar-refractivity contribution in [3.63, 3.8) is 0 Å². The van der Waals surface area contributed by atoms with Crippen LogP contribution in [0.4, 0.5) is 0 Å². The molecule has 0 saturated carbocycles. The molecule has 0 aliphatic rings. The van der Waals surface area contributed by atoms with Crippen LogP contribution in [0.3, 0.4) is 0 Å². The smallest absolute Gasteiger partial charge is 0.211 e. The van der Waals surface area contributed by atoms with Crippen molar-refractivity contribution in [2.45, 2.75) is 52.0 Å². The average Bonchev–Trinajstić information content (AvgIpc) is 1.99. The highest BCUT2D eigenvalue weighted by Crippen LogP contribution is 2.06. The first-order valence-corrected chi connectivity index (χ1v) is 4.38. The number of hydrogen-bond donors (Lipinski definition) is 0. The van der Waals surface area contributed by atoms with E-state index < -0.39 is 0 Å². The highest BCUT2D eigenvalue weighted by molar-refractivity contribution is 5.33. The Morgan fingerprint density at radius 3 is 2.64 bits per heavy atom. The number of hydrogen-bond acceptors (Lipinski definition) is 2. The third-order valence-corrected chi connectivity index (χ3v) is 1.75. The van der Waals surface area contributed by atoms with Crippen LogP contribution < -0.4 is 0 Å². The van der Waals surface area contributed by atoms with Crippen LogP contribution in [0.2, 0.25) is 0 Å². The molecule has 0 bridgehead atoms. The Kier molecular flexibility index (Phi) is 7.06. The molecule has 0 aliphatic carbocycles. The zero-order valence-electron chi connectivity index (χ0n) is 7.47. The number of rotatable bonds is 6. The first kappa shape index (κ1) is 10.4. The second-order valence-corrected chi connectivity index (χ2v) is 2.92. The molecular weight excluding hydrogens is 138 g/mol. The van der Waals surface area contributed by atoms with E-state index >= 15 is 0 Å². The van der Waals surface area contributed by atoms with E-state index in [1.807, 2.05) is 6.92 Å². The second-order valence-electron chi connectivity index (χ2n) is 2.92. The van der Waals surface area contributed by atoms with E-state index in [0.717, 1.165) is 6.42 Å². The van der Waals surface area contributed by atoms with Crippen LogP contribution >= 0.6 is 0 Å². The van der Waals surface area contributed by atoms with Crippen molar-refractivity contribution >= 4 is 6.08 Å². The lowest BCUT2D eigenvalue weighted by Crippen LogP contribution is -1.96. The van der Waals surface area contributed by atoms with Gasteiger partial charge in [-0.1, -0.05) is 32.6 Å².